The molecule has 0 amide bonds. The fourth-order valence-electron chi connectivity index (χ4n) is 4.12. The van der Waals surface area contributed by atoms with Crippen LogP contribution in [0.5, 0.6) is 0 Å². The molecule has 1 aliphatic heterocycles. The number of hydrogen-bond donors (Lipinski definition) is 0. The molecule has 0 spiro atoms. The molecule has 0 bridgehead atoms. The van der Waals surface area contributed by atoms with Gasteiger partial charge in [-0.3, -0.25) is 4.90 Å². The maximum absolute atomic E-state index is 13.4. The Morgan fingerprint density at radius 2 is 1.52 bits per heavy atom. The first-order valence-electron chi connectivity index (χ1n) is 10.2. The van der Waals surface area contributed by atoms with E-state index >= 15 is 0 Å². The van der Waals surface area contributed by atoms with Crippen molar-refractivity contribution in [1.29, 1.82) is 0 Å². The molecule has 4 rings (SSSR count). The Morgan fingerprint density at radius 3 is 2.16 bits per heavy atom. The summed E-state index contributed by atoms with van der Waals surface area (Å²) in [6.45, 7) is 3.97. The molecule has 0 radical (unpaired) electrons. The van der Waals surface area contributed by atoms with Gasteiger partial charge in [-0.1, -0.05) is 67.6 Å². The summed E-state index contributed by atoms with van der Waals surface area (Å²) < 4.78 is 52.5. The minimum absolute atomic E-state index is 0.144. The summed E-state index contributed by atoms with van der Waals surface area (Å²) in [6.07, 6.45) is 0. The summed E-state index contributed by atoms with van der Waals surface area (Å²) in [5, 5.41) is -1.10. The molecule has 31 heavy (non-hydrogen) atoms. The van der Waals surface area contributed by atoms with E-state index < -0.39 is 30.7 Å². The Balaban J connectivity index is 1.75. The molecule has 0 fully saturated rings. The first-order chi connectivity index (χ1) is 14.8. The van der Waals surface area contributed by atoms with E-state index in [-0.39, 0.29) is 9.79 Å². The van der Waals surface area contributed by atoms with Gasteiger partial charge in [-0.25, -0.2) is 16.8 Å². The van der Waals surface area contributed by atoms with E-state index in [0.29, 0.717) is 18.7 Å². The third-order valence-electron chi connectivity index (χ3n) is 5.72. The van der Waals surface area contributed by atoms with E-state index in [0.717, 1.165) is 17.7 Å². The summed E-state index contributed by atoms with van der Waals surface area (Å²) in [5.74, 6) is -0.415. The van der Waals surface area contributed by atoms with E-state index in [1.165, 1.54) is 18.2 Å². The molecule has 1 unspecified atom stereocenters. The number of hydrogen-bond acceptors (Lipinski definition) is 5. The quantitative estimate of drug-likeness (QED) is 0.538. The molecule has 0 saturated heterocycles. The van der Waals surface area contributed by atoms with Crippen molar-refractivity contribution in [3.63, 3.8) is 0 Å². The second kappa shape index (κ2) is 8.57. The zero-order valence-corrected chi connectivity index (χ0v) is 18.9. The summed E-state index contributed by atoms with van der Waals surface area (Å²) in [4.78, 5) is 2.47. The van der Waals surface area contributed by atoms with Crippen LogP contribution < -0.4 is 0 Å². The lowest BCUT2D eigenvalue weighted by atomic mass is 10.0. The monoisotopic (exact) mass is 455 g/mol. The van der Waals surface area contributed by atoms with Crippen LogP contribution in [0.2, 0.25) is 0 Å². The average Bonchev–Trinajstić information content (AvgIpc) is 3.07. The number of nitrogens with zero attached hydrogens (tertiary/aromatic N) is 1. The Hall–Kier alpha value is -2.48. The van der Waals surface area contributed by atoms with Gasteiger partial charge in [0.15, 0.2) is 19.7 Å². The molecular formula is C24H25NO4S2. The molecule has 162 valence electrons. The fraction of sp³-hybridized carbons (Fsp3) is 0.250. The maximum atomic E-state index is 13.4. The van der Waals surface area contributed by atoms with Gasteiger partial charge in [0.05, 0.1) is 15.5 Å². The molecule has 7 heteroatoms. The van der Waals surface area contributed by atoms with Crippen LogP contribution in [-0.4, -0.2) is 34.0 Å². The Labute approximate surface area is 184 Å². The van der Waals surface area contributed by atoms with E-state index in [4.69, 9.17) is 0 Å². The summed E-state index contributed by atoms with van der Waals surface area (Å²) in [6, 6.07) is 23.2. The average molecular weight is 456 g/mol. The normalized spacial score (nSPS) is 17.5. The molecule has 0 N–H and O–H groups in total. The Kier molecular flexibility index (Phi) is 6.01. The smallest absolute Gasteiger partial charge is 0.186 e. The topological polar surface area (TPSA) is 71.5 Å². The standard InChI is InChI=1S/C24H25NO4S2/c1-2-25(16-19-10-5-3-6-11-19)17-20-12-9-15-22-24(20)23(18-30(22,26)27)31(28,29)21-13-7-4-8-14-21/h3-15,23H,2,16-18H2,1H3. The SMILES string of the molecule is CCN(Cc1ccccc1)Cc1cccc2c1C(S(=O)(=O)c1ccccc1)CS2(=O)=O. The van der Waals surface area contributed by atoms with Crippen molar-refractivity contribution in [1.82, 2.24) is 4.90 Å². The summed E-state index contributed by atoms with van der Waals surface area (Å²) >= 11 is 0. The van der Waals surface area contributed by atoms with E-state index in [1.54, 1.807) is 24.3 Å². The van der Waals surface area contributed by atoms with Crippen molar-refractivity contribution < 1.29 is 16.8 Å². The van der Waals surface area contributed by atoms with E-state index in [9.17, 15) is 16.8 Å². The van der Waals surface area contributed by atoms with Crippen molar-refractivity contribution in [2.75, 3.05) is 12.3 Å². The first-order valence-corrected chi connectivity index (χ1v) is 13.4. The van der Waals surface area contributed by atoms with Crippen molar-refractivity contribution in [2.24, 2.45) is 0 Å². The van der Waals surface area contributed by atoms with Crippen molar-refractivity contribution >= 4 is 19.7 Å². The number of sulfone groups is 2. The van der Waals surface area contributed by atoms with Gasteiger partial charge in [0.25, 0.3) is 0 Å². The summed E-state index contributed by atoms with van der Waals surface area (Å²) in [5.41, 5.74) is 2.33. The Bertz CT molecular complexity index is 1270. The molecule has 1 heterocycles. The lowest BCUT2D eigenvalue weighted by Crippen LogP contribution is -2.24. The summed E-state index contributed by atoms with van der Waals surface area (Å²) in [7, 11) is -7.51. The zero-order valence-electron chi connectivity index (χ0n) is 17.3. The zero-order chi connectivity index (χ0) is 22.1. The predicted octanol–water partition coefficient (Wildman–Crippen LogP) is 4.01. The van der Waals surface area contributed by atoms with Gasteiger partial charge in [-0.2, -0.15) is 0 Å². The van der Waals surface area contributed by atoms with Gasteiger partial charge in [0.1, 0.15) is 5.25 Å². The van der Waals surface area contributed by atoms with Crippen molar-refractivity contribution in [3.8, 4) is 0 Å². The van der Waals surface area contributed by atoms with Gasteiger partial charge in [0, 0.05) is 13.1 Å². The predicted molar refractivity (Wildman–Crippen MR) is 121 cm³/mol. The number of fused-ring (bicyclic) bond motifs is 1. The van der Waals surface area contributed by atoms with Crippen LogP contribution in [0.1, 0.15) is 28.9 Å². The molecule has 0 aliphatic carbocycles. The van der Waals surface area contributed by atoms with Crippen LogP contribution in [0, 0.1) is 0 Å². The fourth-order valence-corrected chi connectivity index (χ4v) is 8.54. The van der Waals surface area contributed by atoms with Gasteiger partial charge in [0.2, 0.25) is 0 Å². The van der Waals surface area contributed by atoms with Crippen LogP contribution in [0.25, 0.3) is 0 Å². The maximum Gasteiger partial charge on any atom is 0.186 e. The highest BCUT2D eigenvalue weighted by atomic mass is 32.2. The van der Waals surface area contributed by atoms with Crippen molar-refractivity contribution in [2.45, 2.75) is 35.1 Å². The highest BCUT2D eigenvalue weighted by Gasteiger charge is 2.44. The van der Waals surface area contributed by atoms with Gasteiger partial charge in [-0.15, -0.1) is 0 Å². The van der Waals surface area contributed by atoms with Crippen LogP contribution in [0.3, 0.4) is 0 Å². The molecular weight excluding hydrogens is 430 g/mol. The highest BCUT2D eigenvalue weighted by Crippen LogP contribution is 2.43. The van der Waals surface area contributed by atoms with E-state index in [1.807, 2.05) is 43.3 Å². The van der Waals surface area contributed by atoms with Crippen LogP contribution in [-0.2, 0) is 32.8 Å². The molecule has 1 atom stereocenters. The van der Waals surface area contributed by atoms with E-state index in [2.05, 4.69) is 4.90 Å². The van der Waals surface area contributed by atoms with Crippen LogP contribution in [0.15, 0.2) is 88.7 Å². The number of benzene rings is 3. The van der Waals surface area contributed by atoms with Crippen LogP contribution >= 0.6 is 0 Å². The molecule has 3 aromatic carbocycles. The molecule has 3 aromatic rings. The molecule has 1 aliphatic rings. The minimum atomic E-state index is -3.84. The third kappa shape index (κ3) is 4.31. The lowest BCUT2D eigenvalue weighted by Gasteiger charge is -2.23. The third-order valence-corrected chi connectivity index (χ3v) is 9.81. The highest BCUT2D eigenvalue weighted by molar-refractivity contribution is 7.96. The lowest BCUT2D eigenvalue weighted by molar-refractivity contribution is 0.270. The minimum Gasteiger partial charge on any atom is -0.295 e. The largest absolute Gasteiger partial charge is 0.295 e. The second-order valence-electron chi connectivity index (χ2n) is 7.75. The van der Waals surface area contributed by atoms with Gasteiger partial charge < -0.3 is 0 Å². The van der Waals surface area contributed by atoms with Crippen molar-refractivity contribution in [3.05, 3.63) is 95.6 Å². The molecule has 0 aromatic heterocycles. The first kappa shape index (κ1) is 21.7. The second-order valence-corrected chi connectivity index (χ2v) is 11.9. The van der Waals surface area contributed by atoms with Gasteiger partial charge >= 0.3 is 0 Å². The molecule has 5 nitrogen and oxygen atoms in total. The van der Waals surface area contributed by atoms with Gasteiger partial charge in [-0.05, 0) is 41.4 Å². The number of rotatable bonds is 7. The Morgan fingerprint density at radius 1 is 0.871 bits per heavy atom. The van der Waals surface area contributed by atoms with Crippen LogP contribution in [0.4, 0.5) is 0 Å². The molecule has 0 saturated carbocycles.